The summed E-state index contributed by atoms with van der Waals surface area (Å²) >= 11 is 1.79. The molecule has 1 fully saturated rings. The largest absolute Gasteiger partial charge is 0.381 e. The summed E-state index contributed by atoms with van der Waals surface area (Å²) in [6, 6.07) is 0.284. The van der Waals surface area contributed by atoms with Gasteiger partial charge in [0.2, 0.25) is 0 Å². The molecule has 1 atom stereocenters. The van der Waals surface area contributed by atoms with Crippen molar-refractivity contribution < 1.29 is 9.47 Å². The zero-order valence-electron chi connectivity index (χ0n) is 12.3. The van der Waals surface area contributed by atoms with Crippen LogP contribution in [0.25, 0.3) is 0 Å². The van der Waals surface area contributed by atoms with Gasteiger partial charge in [-0.25, -0.2) is 4.98 Å². The van der Waals surface area contributed by atoms with E-state index < -0.39 is 0 Å². The summed E-state index contributed by atoms with van der Waals surface area (Å²) in [6.45, 7) is 5.76. The maximum atomic E-state index is 5.88. The molecule has 108 valence electrons. The van der Waals surface area contributed by atoms with Crippen LogP contribution in [-0.4, -0.2) is 44.0 Å². The van der Waals surface area contributed by atoms with Crippen molar-refractivity contribution in [1.82, 2.24) is 10.3 Å². The van der Waals surface area contributed by atoms with E-state index >= 15 is 0 Å². The van der Waals surface area contributed by atoms with Crippen LogP contribution in [0.5, 0.6) is 0 Å². The zero-order valence-corrected chi connectivity index (χ0v) is 13.1. The van der Waals surface area contributed by atoms with E-state index in [1.807, 2.05) is 14.2 Å². The van der Waals surface area contributed by atoms with Crippen LogP contribution in [0.15, 0.2) is 0 Å². The van der Waals surface area contributed by atoms with Crippen LogP contribution in [0.2, 0.25) is 0 Å². The van der Waals surface area contributed by atoms with Crippen molar-refractivity contribution >= 4 is 11.3 Å². The molecule has 1 aliphatic rings. The van der Waals surface area contributed by atoms with E-state index in [0.717, 1.165) is 38.2 Å². The maximum absolute atomic E-state index is 5.88. The van der Waals surface area contributed by atoms with Crippen molar-refractivity contribution in [2.75, 3.05) is 27.4 Å². The zero-order chi connectivity index (χ0) is 13.9. The molecule has 2 rings (SSSR count). The summed E-state index contributed by atoms with van der Waals surface area (Å²) in [5, 5.41) is 4.62. The van der Waals surface area contributed by atoms with Gasteiger partial charge in [-0.05, 0) is 20.9 Å². The van der Waals surface area contributed by atoms with E-state index in [1.54, 1.807) is 11.3 Å². The molecule has 0 radical (unpaired) electrons. The maximum Gasteiger partial charge on any atom is 0.0947 e. The van der Waals surface area contributed by atoms with Crippen LogP contribution in [0, 0.1) is 13.8 Å². The third kappa shape index (κ3) is 3.16. The number of aromatic nitrogens is 1. The number of hydrogen-bond acceptors (Lipinski definition) is 5. The van der Waals surface area contributed by atoms with E-state index in [9.17, 15) is 0 Å². The number of rotatable bonds is 5. The van der Waals surface area contributed by atoms with Crippen molar-refractivity contribution in [2.24, 2.45) is 0 Å². The minimum Gasteiger partial charge on any atom is -0.381 e. The highest BCUT2D eigenvalue weighted by Crippen LogP contribution is 2.31. The molecule has 19 heavy (non-hydrogen) atoms. The normalized spacial score (nSPS) is 20.4. The van der Waals surface area contributed by atoms with Crippen LogP contribution in [0.4, 0.5) is 0 Å². The van der Waals surface area contributed by atoms with E-state index in [0.29, 0.717) is 0 Å². The van der Waals surface area contributed by atoms with Gasteiger partial charge >= 0.3 is 0 Å². The molecular weight excluding hydrogens is 260 g/mol. The molecule has 1 N–H and O–H groups in total. The van der Waals surface area contributed by atoms with Gasteiger partial charge in [0.1, 0.15) is 0 Å². The SMILES string of the molecule is CNC(Cc1nc(C)c(C)s1)C1(OC)CCOCC1. The van der Waals surface area contributed by atoms with Crippen molar-refractivity contribution in [3.8, 4) is 0 Å². The lowest BCUT2D eigenvalue weighted by molar-refractivity contribution is -0.109. The second-order valence-corrected chi connectivity index (χ2v) is 6.46. The summed E-state index contributed by atoms with van der Waals surface area (Å²) in [5.41, 5.74) is 1.02. The van der Waals surface area contributed by atoms with Gasteiger partial charge in [-0.3, -0.25) is 0 Å². The Morgan fingerprint density at radius 1 is 1.42 bits per heavy atom. The van der Waals surface area contributed by atoms with Crippen LogP contribution < -0.4 is 5.32 Å². The molecule has 0 bridgehead atoms. The van der Waals surface area contributed by atoms with Gasteiger partial charge < -0.3 is 14.8 Å². The van der Waals surface area contributed by atoms with E-state index in [-0.39, 0.29) is 11.6 Å². The smallest absolute Gasteiger partial charge is 0.0947 e. The molecule has 0 amide bonds. The molecule has 5 heteroatoms. The van der Waals surface area contributed by atoms with Gasteiger partial charge in [-0.15, -0.1) is 11.3 Å². The Morgan fingerprint density at radius 2 is 2.11 bits per heavy atom. The minimum absolute atomic E-state index is 0.125. The third-order valence-corrected chi connectivity index (χ3v) is 5.28. The second-order valence-electron chi connectivity index (χ2n) is 5.18. The molecule has 0 spiro atoms. The van der Waals surface area contributed by atoms with Crippen LogP contribution >= 0.6 is 11.3 Å². The fraction of sp³-hybridized carbons (Fsp3) is 0.786. The van der Waals surface area contributed by atoms with E-state index in [2.05, 4.69) is 24.1 Å². The van der Waals surface area contributed by atoms with Gasteiger partial charge in [0.05, 0.1) is 16.3 Å². The second kappa shape index (κ2) is 6.31. The average molecular weight is 284 g/mol. The average Bonchev–Trinajstić information content (AvgIpc) is 2.75. The van der Waals surface area contributed by atoms with E-state index in [1.165, 1.54) is 9.88 Å². The van der Waals surface area contributed by atoms with Crippen molar-refractivity contribution in [3.05, 3.63) is 15.6 Å². The van der Waals surface area contributed by atoms with Crippen LogP contribution in [0.3, 0.4) is 0 Å². The number of likely N-dealkylation sites (N-methyl/N-ethyl adjacent to an activating group) is 1. The number of nitrogens with one attached hydrogen (secondary N) is 1. The number of nitrogens with zero attached hydrogens (tertiary/aromatic N) is 1. The topological polar surface area (TPSA) is 43.4 Å². The highest BCUT2D eigenvalue weighted by Gasteiger charge is 2.40. The van der Waals surface area contributed by atoms with Crippen LogP contribution in [0.1, 0.15) is 28.4 Å². The molecular formula is C14H24N2O2S. The van der Waals surface area contributed by atoms with Crippen LogP contribution in [-0.2, 0) is 15.9 Å². The molecule has 4 nitrogen and oxygen atoms in total. The first-order valence-corrected chi connectivity index (χ1v) is 7.66. The Labute approximate surface area is 119 Å². The summed E-state index contributed by atoms with van der Waals surface area (Å²) in [7, 11) is 3.82. The summed E-state index contributed by atoms with van der Waals surface area (Å²) in [4.78, 5) is 5.96. The fourth-order valence-corrected chi connectivity index (χ4v) is 3.74. The molecule has 0 aliphatic carbocycles. The van der Waals surface area contributed by atoms with Crippen molar-refractivity contribution in [1.29, 1.82) is 0 Å². The fourth-order valence-electron chi connectivity index (χ4n) is 2.76. The monoisotopic (exact) mass is 284 g/mol. The first-order valence-electron chi connectivity index (χ1n) is 6.84. The first kappa shape index (κ1) is 14.9. The number of methoxy groups -OCH3 is 1. The number of ether oxygens (including phenoxy) is 2. The molecule has 2 heterocycles. The van der Waals surface area contributed by atoms with Gasteiger partial charge in [-0.2, -0.15) is 0 Å². The Kier molecular flexibility index (Phi) is 4.95. The highest BCUT2D eigenvalue weighted by atomic mass is 32.1. The van der Waals surface area contributed by atoms with Gasteiger partial charge in [0.25, 0.3) is 0 Å². The lowest BCUT2D eigenvalue weighted by atomic mass is 9.84. The lowest BCUT2D eigenvalue weighted by Crippen LogP contribution is -2.55. The number of hydrogen-bond donors (Lipinski definition) is 1. The molecule has 0 aromatic carbocycles. The standard InChI is InChI=1S/C14H24N2O2S/c1-10-11(2)19-13(16-10)9-12(15-3)14(17-4)5-7-18-8-6-14/h12,15H,5-9H2,1-4H3. The molecule has 1 saturated heterocycles. The van der Waals surface area contributed by atoms with Gasteiger partial charge in [0.15, 0.2) is 0 Å². The molecule has 1 aromatic rings. The van der Waals surface area contributed by atoms with Gasteiger partial charge in [-0.1, -0.05) is 0 Å². The van der Waals surface area contributed by atoms with Crippen molar-refractivity contribution in [3.63, 3.8) is 0 Å². The molecule has 1 aromatic heterocycles. The lowest BCUT2D eigenvalue weighted by Gasteiger charge is -2.42. The Morgan fingerprint density at radius 3 is 2.58 bits per heavy atom. The number of thiazole rings is 1. The van der Waals surface area contributed by atoms with Gasteiger partial charge in [0, 0.05) is 50.5 Å². The Bertz CT molecular complexity index is 394. The van der Waals surface area contributed by atoms with Crippen molar-refractivity contribution in [2.45, 2.75) is 44.8 Å². The minimum atomic E-state index is -0.125. The Balaban J connectivity index is 2.13. The highest BCUT2D eigenvalue weighted by molar-refractivity contribution is 7.11. The first-order chi connectivity index (χ1) is 9.11. The molecule has 0 saturated carbocycles. The van der Waals surface area contributed by atoms with E-state index in [4.69, 9.17) is 9.47 Å². The number of aryl methyl sites for hydroxylation is 2. The Hall–Kier alpha value is -0.490. The third-order valence-electron chi connectivity index (χ3n) is 4.18. The quantitative estimate of drug-likeness (QED) is 0.899. The summed E-state index contributed by atoms with van der Waals surface area (Å²) in [6.07, 6.45) is 2.81. The molecule has 1 aliphatic heterocycles. The summed E-state index contributed by atoms with van der Waals surface area (Å²) < 4.78 is 11.3. The predicted molar refractivity (Wildman–Crippen MR) is 77.9 cm³/mol. The predicted octanol–water partition coefficient (Wildman–Crippen LogP) is 2.09. The summed E-state index contributed by atoms with van der Waals surface area (Å²) in [5.74, 6) is 0. The molecule has 1 unspecified atom stereocenters.